The van der Waals surface area contributed by atoms with Crippen LogP contribution in [0.4, 0.5) is 0 Å². The third-order valence-corrected chi connectivity index (χ3v) is 10.5. The molecule has 0 saturated heterocycles. The Morgan fingerprint density at radius 1 is 0.391 bits per heavy atom. The molecule has 9 aromatic rings. The largest absolute Gasteiger partial charge is 0.456 e. The Bertz CT molecular complexity index is 2650. The van der Waals surface area contributed by atoms with Crippen molar-refractivity contribution < 1.29 is 4.42 Å². The fourth-order valence-electron chi connectivity index (χ4n) is 8.38. The fourth-order valence-corrected chi connectivity index (χ4v) is 8.38. The van der Waals surface area contributed by atoms with E-state index in [-0.39, 0.29) is 5.41 Å². The predicted octanol–water partition coefficient (Wildman–Crippen LogP) is 12.7. The van der Waals surface area contributed by atoms with Crippen molar-refractivity contribution in [3.8, 4) is 33.4 Å². The number of hydrogen-bond donors (Lipinski definition) is 0. The van der Waals surface area contributed by atoms with Crippen LogP contribution in [0.2, 0.25) is 0 Å². The van der Waals surface area contributed by atoms with E-state index < -0.39 is 0 Å². The van der Waals surface area contributed by atoms with E-state index in [1.54, 1.807) is 0 Å². The summed E-state index contributed by atoms with van der Waals surface area (Å²) in [6.07, 6.45) is 0. The van der Waals surface area contributed by atoms with Crippen LogP contribution >= 0.6 is 0 Å². The molecule has 0 radical (unpaired) electrons. The van der Waals surface area contributed by atoms with Gasteiger partial charge in [-0.05, 0) is 101 Å². The smallest absolute Gasteiger partial charge is 0.136 e. The lowest BCUT2D eigenvalue weighted by Gasteiger charge is -2.23. The zero-order chi connectivity index (χ0) is 30.6. The number of rotatable bonds is 2. The first-order valence-electron chi connectivity index (χ1n) is 16.1. The molecule has 0 unspecified atom stereocenters. The maximum absolute atomic E-state index is 6.26. The molecule has 1 aromatic heterocycles. The van der Waals surface area contributed by atoms with Gasteiger partial charge in [-0.3, -0.25) is 0 Å². The monoisotopic (exact) mass is 586 g/mol. The van der Waals surface area contributed by atoms with Gasteiger partial charge in [0.05, 0.1) is 0 Å². The summed E-state index contributed by atoms with van der Waals surface area (Å²) in [6, 6.07) is 53.4. The third-order valence-electron chi connectivity index (χ3n) is 10.5. The van der Waals surface area contributed by atoms with Crippen molar-refractivity contribution in [2.24, 2.45) is 0 Å². The van der Waals surface area contributed by atoms with Crippen molar-refractivity contribution >= 4 is 54.3 Å². The Morgan fingerprint density at radius 3 is 1.65 bits per heavy atom. The summed E-state index contributed by atoms with van der Waals surface area (Å²) in [4.78, 5) is 0. The highest BCUT2D eigenvalue weighted by Crippen LogP contribution is 2.54. The van der Waals surface area contributed by atoms with Crippen molar-refractivity contribution in [3.63, 3.8) is 0 Å². The molecule has 0 bridgehead atoms. The zero-order valence-electron chi connectivity index (χ0n) is 25.8. The van der Waals surface area contributed by atoms with Crippen molar-refractivity contribution in [2.45, 2.75) is 19.3 Å². The molecule has 1 aliphatic rings. The standard InChI is InChI=1S/C45H30O/c1-45(2)37-24-22-34-33(23-25-40-44(34)36-18-10-11-19-39(36)46-40)43(37)35-21-20-28(26-38(35)45)42-31-16-8-6-14-29(31)41(27-12-4-3-5-13-27)30-15-7-9-17-32(30)42/h3-26H,1-2H3. The van der Waals surface area contributed by atoms with Crippen LogP contribution in [0.25, 0.3) is 87.6 Å². The first kappa shape index (κ1) is 25.6. The second-order valence-corrected chi connectivity index (χ2v) is 13.2. The summed E-state index contributed by atoms with van der Waals surface area (Å²) in [5, 5.41) is 10.1. The topological polar surface area (TPSA) is 13.1 Å². The first-order valence-corrected chi connectivity index (χ1v) is 16.1. The van der Waals surface area contributed by atoms with Gasteiger partial charge < -0.3 is 4.42 Å². The molecule has 0 atom stereocenters. The van der Waals surface area contributed by atoms with Crippen molar-refractivity contribution in [1.29, 1.82) is 0 Å². The maximum atomic E-state index is 6.26. The van der Waals surface area contributed by atoms with Crippen LogP contribution in [-0.2, 0) is 5.41 Å². The van der Waals surface area contributed by atoms with Crippen LogP contribution in [0.3, 0.4) is 0 Å². The highest BCUT2D eigenvalue weighted by molar-refractivity contribution is 6.23. The van der Waals surface area contributed by atoms with Gasteiger partial charge in [0.2, 0.25) is 0 Å². The highest BCUT2D eigenvalue weighted by Gasteiger charge is 2.37. The summed E-state index contributed by atoms with van der Waals surface area (Å²) in [6.45, 7) is 4.77. The Balaban J connectivity index is 1.25. The Kier molecular flexibility index (Phi) is 5.12. The summed E-state index contributed by atoms with van der Waals surface area (Å²) >= 11 is 0. The number of benzene rings is 8. The molecule has 0 aliphatic heterocycles. The summed E-state index contributed by atoms with van der Waals surface area (Å²) in [7, 11) is 0. The van der Waals surface area contributed by atoms with Crippen molar-refractivity contribution in [3.05, 3.63) is 157 Å². The molecule has 216 valence electrons. The van der Waals surface area contributed by atoms with Gasteiger partial charge in [-0.2, -0.15) is 0 Å². The lowest BCUT2D eigenvalue weighted by atomic mass is 9.80. The molecule has 0 saturated carbocycles. The molecule has 0 amide bonds. The molecule has 0 spiro atoms. The van der Waals surface area contributed by atoms with Crippen LogP contribution < -0.4 is 0 Å². The van der Waals surface area contributed by atoms with Crippen LogP contribution in [0, 0.1) is 0 Å². The number of furan rings is 1. The summed E-state index contributed by atoms with van der Waals surface area (Å²) < 4.78 is 6.26. The van der Waals surface area contributed by atoms with Gasteiger partial charge in [0.1, 0.15) is 11.2 Å². The van der Waals surface area contributed by atoms with E-state index in [4.69, 9.17) is 4.42 Å². The van der Waals surface area contributed by atoms with E-state index in [0.717, 1.165) is 11.2 Å². The van der Waals surface area contributed by atoms with Crippen LogP contribution in [0.1, 0.15) is 25.0 Å². The number of hydrogen-bond acceptors (Lipinski definition) is 1. The second-order valence-electron chi connectivity index (χ2n) is 13.2. The lowest BCUT2D eigenvalue weighted by molar-refractivity contribution is 0.661. The molecular weight excluding hydrogens is 556 g/mol. The Morgan fingerprint density at radius 2 is 0.957 bits per heavy atom. The number of fused-ring (bicyclic) bond motifs is 11. The van der Waals surface area contributed by atoms with Gasteiger partial charge in [0, 0.05) is 16.2 Å². The second kappa shape index (κ2) is 9.19. The van der Waals surface area contributed by atoms with Gasteiger partial charge in [-0.15, -0.1) is 0 Å². The minimum absolute atomic E-state index is 0.141. The SMILES string of the molecule is CC1(C)c2cc(-c3c4ccccc4c(-c4ccccc4)c4ccccc34)ccc2-c2c1ccc1c2ccc2oc3ccccc3c21. The summed E-state index contributed by atoms with van der Waals surface area (Å²) in [5.74, 6) is 0. The lowest BCUT2D eigenvalue weighted by Crippen LogP contribution is -2.15. The minimum atomic E-state index is -0.141. The van der Waals surface area contributed by atoms with Gasteiger partial charge >= 0.3 is 0 Å². The normalized spacial score (nSPS) is 13.6. The van der Waals surface area contributed by atoms with E-state index >= 15 is 0 Å². The van der Waals surface area contributed by atoms with E-state index in [0.29, 0.717) is 0 Å². The zero-order valence-corrected chi connectivity index (χ0v) is 25.8. The summed E-state index contributed by atoms with van der Waals surface area (Å²) in [5.41, 5.74) is 12.3. The third kappa shape index (κ3) is 3.35. The Labute approximate surface area is 267 Å². The van der Waals surface area contributed by atoms with Gasteiger partial charge in [0.15, 0.2) is 0 Å². The molecular formula is C45H30O. The Hall–Kier alpha value is -5.66. The van der Waals surface area contributed by atoms with E-state index in [1.165, 1.54) is 87.6 Å². The molecule has 0 fully saturated rings. The average Bonchev–Trinajstić information content (AvgIpc) is 3.59. The first-order chi connectivity index (χ1) is 22.6. The molecule has 8 aromatic carbocycles. The van der Waals surface area contributed by atoms with Crippen molar-refractivity contribution in [1.82, 2.24) is 0 Å². The average molecular weight is 587 g/mol. The van der Waals surface area contributed by atoms with E-state index in [2.05, 4.69) is 153 Å². The van der Waals surface area contributed by atoms with Crippen molar-refractivity contribution in [2.75, 3.05) is 0 Å². The van der Waals surface area contributed by atoms with E-state index in [1.807, 2.05) is 6.07 Å². The van der Waals surface area contributed by atoms with Crippen LogP contribution in [0.15, 0.2) is 150 Å². The van der Waals surface area contributed by atoms with Crippen LogP contribution in [0.5, 0.6) is 0 Å². The molecule has 1 heterocycles. The molecule has 1 aliphatic carbocycles. The quantitative estimate of drug-likeness (QED) is 0.184. The molecule has 0 N–H and O–H groups in total. The van der Waals surface area contributed by atoms with E-state index in [9.17, 15) is 0 Å². The number of para-hydroxylation sites is 1. The molecule has 46 heavy (non-hydrogen) atoms. The highest BCUT2D eigenvalue weighted by atomic mass is 16.3. The molecule has 10 rings (SSSR count). The maximum Gasteiger partial charge on any atom is 0.136 e. The molecule has 1 nitrogen and oxygen atoms in total. The van der Waals surface area contributed by atoms with Gasteiger partial charge in [-0.1, -0.05) is 135 Å². The minimum Gasteiger partial charge on any atom is -0.456 e. The molecule has 1 heteroatoms. The van der Waals surface area contributed by atoms with Gasteiger partial charge in [0.25, 0.3) is 0 Å². The van der Waals surface area contributed by atoms with Crippen LogP contribution in [-0.4, -0.2) is 0 Å². The van der Waals surface area contributed by atoms with Gasteiger partial charge in [-0.25, -0.2) is 0 Å². The predicted molar refractivity (Wildman–Crippen MR) is 195 cm³/mol. The fraction of sp³-hybridized carbons (Fsp3) is 0.0667.